The number of rotatable bonds is 4. The van der Waals surface area contributed by atoms with Crippen LogP contribution in [-0.2, 0) is 0 Å². The van der Waals surface area contributed by atoms with E-state index >= 15 is 0 Å². The van der Waals surface area contributed by atoms with Gasteiger partial charge in [0.15, 0.2) is 0 Å². The largest absolute Gasteiger partial charge is 0.341 e. The maximum atomic E-state index is 13.3. The van der Waals surface area contributed by atoms with Gasteiger partial charge in [-0.3, -0.25) is 9.78 Å². The fraction of sp³-hybridized carbons (Fsp3) is 0.0526. The molecule has 1 amide bonds. The third-order valence-electron chi connectivity index (χ3n) is 3.57. The van der Waals surface area contributed by atoms with E-state index in [9.17, 15) is 13.6 Å². The monoisotopic (exact) mass is 324 g/mol. The van der Waals surface area contributed by atoms with Gasteiger partial charge in [0.2, 0.25) is 0 Å². The minimum Gasteiger partial charge on any atom is -0.341 e. The molecule has 0 aliphatic heterocycles. The van der Waals surface area contributed by atoms with Gasteiger partial charge in [0.1, 0.15) is 11.6 Å². The van der Waals surface area contributed by atoms with Crippen LogP contribution in [0.15, 0.2) is 73.1 Å². The molecule has 0 aliphatic carbocycles. The third kappa shape index (κ3) is 3.63. The first-order valence-corrected chi connectivity index (χ1v) is 7.35. The number of hydrogen-bond acceptors (Lipinski definition) is 2. The van der Waals surface area contributed by atoms with Crippen molar-refractivity contribution in [2.75, 3.05) is 0 Å². The number of pyridine rings is 1. The summed E-state index contributed by atoms with van der Waals surface area (Å²) < 4.78 is 26.7. The van der Waals surface area contributed by atoms with Crippen molar-refractivity contribution in [3.63, 3.8) is 0 Å². The summed E-state index contributed by atoms with van der Waals surface area (Å²) in [5, 5.41) is 2.82. The second-order valence-electron chi connectivity index (χ2n) is 5.26. The maximum Gasteiger partial charge on any atom is 0.252 e. The van der Waals surface area contributed by atoms with Crippen molar-refractivity contribution in [3.05, 3.63) is 101 Å². The van der Waals surface area contributed by atoms with E-state index in [2.05, 4.69) is 10.3 Å². The average Bonchev–Trinajstić information content (AvgIpc) is 2.60. The number of aromatic nitrogens is 1. The minimum atomic E-state index is -0.791. The van der Waals surface area contributed by atoms with E-state index in [4.69, 9.17) is 0 Å². The van der Waals surface area contributed by atoms with Crippen LogP contribution >= 0.6 is 0 Å². The van der Waals surface area contributed by atoms with E-state index in [1.807, 2.05) is 30.3 Å². The molecular formula is C19H14F2N2O. The number of amides is 1. The third-order valence-corrected chi connectivity index (χ3v) is 3.57. The van der Waals surface area contributed by atoms with Crippen LogP contribution in [-0.4, -0.2) is 10.9 Å². The molecule has 1 unspecified atom stereocenters. The summed E-state index contributed by atoms with van der Waals surface area (Å²) in [7, 11) is 0. The summed E-state index contributed by atoms with van der Waals surface area (Å²) in [5.74, 6) is -2.14. The van der Waals surface area contributed by atoms with Gasteiger partial charge in [0, 0.05) is 24.0 Å². The molecule has 3 nitrogen and oxygen atoms in total. The van der Waals surface area contributed by atoms with Crippen molar-refractivity contribution in [1.82, 2.24) is 10.3 Å². The van der Waals surface area contributed by atoms with E-state index in [0.29, 0.717) is 0 Å². The number of hydrogen-bond donors (Lipinski definition) is 1. The molecule has 3 rings (SSSR count). The van der Waals surface area contributed by atoms with Gasteiger partial charge in [-0.1, -0.05) is 30.3 Å². The second-order valence-corrected chi connectivity index (χ2v) is 5.26. The van der Waals surface area contributed by atoms with Crippen LogP contribution in [0.3, 0.4) is 0 Å². The van der Waals surface area contributed by atoms with Crippen LogP contribution < -0.4 is 5.32 Å². The molecular weight excluding hydrogens is 310 g/mol. The van der Waals surface area contributed by atoms with Gasteiger partial charge >= 0.3 is 0 Å². The van der Waals surface area contributed by atoms with E-state index < -0.39 is 23.6 Å². The van der Waals surface area contributed by atoms with E-state index in [1.54, 1.807) is 24.5 Å². The van der Waals surface area contributed by atoms with Crippen molar-refractivity contribution in [1.29, 1.82) is 0 Å². The lowest BCUT2D eigenvalue weighted by molar-refractivity contribution is 0.0942. The average molecular weight is 324 g/mol. The number of benzene rings is 2. The highest BCUT2D eigenvalue weighted by Crippen LogP contribution is 2.22. The molecule has 24 heavy (non-hydrogen) atoms. The minimum absolute atomic E-state index is 0.0671. The standard InChI is InChI=1S/C19H14F2N2O/c20-16-10-15(11-17(21)12-16)19(24)23-18(13-4-2-1-3-5-13)14-6-8-22-9-7-14/h1-12,18H,(H,23,24). The topological polar surface area (TPSA) is 42.0 Å². The summed E-state index contributed by atoms with van der Waals surface area (Å²) in [5.41, 5.74) is 1.61. The molecule has 0 radical (unpaired) electrons. The molecule has 1 aromatic heterocycles. The van der Waals surface area contributed by atoms with Gasteiger partial charge in [-0.25, -0.2) is 8.78 Å². The molecule has 0 fully saturated rings. The van der Waals surface area contributed by atoms with Gasteiger partial charge < -0.3 is 5.32 Å². The molecule has 0 spiro atoms. The number of nitrogens with one attached hydrogen (secondary N) is 1. The summed E-state index contributed by atoms with van der Waals surface area (Å²) >= 11 is 0. The smallest absolute Gasteiger partial charge is 0.252 e. The van der Waals surface area contributed by atoms with Crippen LogP contribution in [0.5, 0.6) is 0 Å². The van der Waals surface area contributed by atoms with E-state index in [0.717, 1.165) is 29.3 Å². The van der Waals surface area contributed by atoms with Gasteiger partial charge in [-0.2, -0.15) is 0 Å². The van der Waals surface area contributed by atoms with Crippen molar-refractivity contribution in [2.45, 2.75) is 6.04 Å². The highest BCUT2D eigenvalue weighted by atomic mass is 19.1. The van der Waals surface area contributed by atoms with Gasteiger partial charge in [0.05, 0.1) is 6.04 Å². The lowest BCUT2D eigenvalue weighted by atomic mass is 9.99. The number of halogens is 2. The Bertz CT molecular complexity index is 779. The lowest BCUT2D eigenvalue weighted by Crippen LogP contribution is -2.29. The van der Waals surface area contributed by atoms with E-state index in [-0.39, 0.29) is 5.56 Å². The van der Waals surface area contributed by atoms with Crippen LogP contribution in [0.1, 0.15) is 27.5 Å². The predicted octanol–water partition coefficient (Wildman–Crippen LogP) is 3.88. The quantitative estimate of drug-likeness (QED) is 0.791. The zero-order valence-electron chi connectivity index (χ0n) is 12.6. The Kier molecular flexibility index (Phi) is 4.61. The Labute approximate surface area is 138 Å². The molecule has 0 bridgehead atoms. The van der Waals surface area contributed by atoms with Crippen LogP contribution in [0.4, 0.5) is 8.78 Å². The second kappa shape index (κ2) is 7.00. The van der Waals surface area contributed by atoms with Crippen molar-refractivity contribution in [3.8, 4) is 0 Å². The first-order chi connectivity index (χ1) is 11.6. The molecule has 1 N–H and O–H groups in total. The first-order valence-electron chi connectivity index (χ1n) is 7.35. The SMILES string of the molecule is O=C(NC(c1ccccc1)c1ccncc1)c1cc(F)cc(F)c1. The zero-order valence-corrected chi connectivity index (χ0v) is 12.6. The summed E-state index contributed by atoms with van der Waals surface area (Å²) in [6, 6.07) is 15.2. The molecule has 3 aromatic rings. The fourth-order valence-electron chi connectivity index (χ4n) is 2.46. The molecule has 120 valence electrons. The molecule has 5 heteroatoms. The maximum absolute atomic E-state index is 13.3. The Balaban J connectivity index is 1.93. The first kappa shape index (κ1) is 15.8. The Morgan fingerprint density at radius 3 is 2.08 bits per heavy atom. The number of carbonyl (C=O) groups is 1. The van der Waals surface area contributed by atoms with Crippen molar-refractivity contribution >= 4 is 5.91 Å². The van der Waals surface area contributed by atoms with Crippen molar-refractivity contribution in [2.24, 2.45) is 0 Å². The highest BCUT2D eigenvalue weighted by Gasteiger charge is 2.18. The van der Waals surface area contributed by atoms with Crippen LogP contribution in [0, 0.1) is 11.6 Å². The number of nitrogens with zero attached hydrogens (tertiary/aromatic N) is 1. The molecule has 1 atom stereocenters. The van der Waals surface area contributed by atoms with Gasteiger partial charge in [-0.15, -0.1) is 0 Å². The Morgan fingerprint density at radius 1 is 0.875 bits per heavy atom. The molecule has 2 aromatic carbocycles. The Hall–Kier alpha value is -3.08. The normalized spacial score (nSPS) is 11.8. The van der Waals surface area contributed by atoms with Crippen molar-refractivity contribution < 1.29 is 13.6 Å². The van der Waals surface area contributed by atoms with E-state index in [1.165, 1.54) is 0 Å². The van der Waals surface area contributed by atoms with Gasteiger partial charge in [-0.05, 0) is 35.4 Å². The fourth-order valence-corrected chi connectivity index (χ4v) is 2.46. The molecule has 0 saturated heterocycles. The Morgan fingerprint density at radius 2 is 1.46 bits per heavy atom. The summed E-state index contributed by atoms with van der Waals surface area (Å²) in [6.45, 7) is 0. The zero-order chi connectivity index (χ0) is 16.9. The van der Waals surface area contributed by atoms with Crippen LogP contribution in [0.2, 0.25) is 0 Å². The summed E-state index contributed by atoms with van der Waals surface area (Å²) in [4.78, 5) is 16.4. The predicted molar refractivity (Wildman–Crippen MR) is 86.3 cm³/mol. The highest BCUT2D eigenvalue weighted by molar-refractivity contribution is 5.94. The molecule has 0 saturated carbocycles. The molecule has 1 heterocycles. The molecule has 0 aliphatic rings. The van der Waals surface area contributed by atoms with Gasteiger partial charge in [0.25, 0.3) is 5.91 Å². The summed E-state index contributed by atoms with van der Waals surface area (Å²) in [6.07, 6.45) is 3.25. The van der Waals surface area contributed by atoms with Crippen LogP contribution in [0.25, 0.3) is 0 Å². The lowest BCUT2D eigenvalue weighted by Gasteiger charge is -2.20. The number of carbonyl (C=O) groups excluding carboxylic acids is 1.